The van der Waals surface area contributed by atoms with Gasteiger partial charge in [0.15, 0.2) is 0 Å². The first-order chi connectivity index (χ1) is 17.6. The Bertz CT molecular complexity index is 1080. The van der Waals surface area contributed by atoms with Crippen molar-refractivity contribution in [2.45, 2.75) is 77.8 Å². The van der Waals surface area contributed by atoms with Gasteiger partial charge in [-0.05, 0) is 44.2 Å². The fraction of sp³-hybridized carbons (Fsp3) is 0.556. The molecule has 0 spiro atoms. The van der Waals surface area contributed by atoms with Crippen LogP contribution in [0.15, 0.2) is 24.4 Å². The smallest absolute Gasteiger partial charge is 0.243 e. The van der Waals surface area contributed by atoms with Crippen LogP contribution in [-0.4, -0.2) is 51.7 Å². The molecule has 2 atom stereocenters. The molecule has 8 nitrogen and oxygen atoms in total. The summed E-state index contributed by atoms with van der Waals surface area (Å²) in [5.74, 6) is -1.67. The van der Waals surface area contributed by atoms with E-state index >= 15 is 0 Å². The lowest BCUT2D eigenvalue weighted by atomic mass is 10.1. The molecule has 2 heterocycles. The van der Waals surface area contributed by atoms with E-state index in [0.29, 0.717) is 36.9 Å². The van der Waals surface area contributed by atoms with Crippen LogP contribution in [0.5, 0.6) is 0 Å². The van der Waals surface area contributed by atoms with E-state index in [1.165, 1.54) is 12.3 Å². The van der Waals surface area contributed by atoms with Gasteiger partial charge in [0, 0.05) is 31.1 Å². The first-order valence-corrected chi connectivity index (χ1v) is 13.0. The first kappa shape index (κ1) is 28.3. The molecule has 2 aromatic rings. The Labute approximate surface area is 216 Å². The zero-order valence-electron chi connectivity index (χ0n) is 21.8. The average molecular weight is 518 g/mol. The Balaban J connectivity index is 1.69. The fourth-order valence-corrected chi connectivity index (χ4v) is 4.30. The summed E-state index contributed by atoms with van der Waals surface area (Å²) < 4.78 is 27.4. The van der Waals surface area contributed by atoms with E-state index in [1.807, 2.05) is 13.8 Å². The van der Waals surface area contributed by atoms with Crippen molar-refractivity contribution in [1.29, 1.82) is 0 Å². The number of likely N-dealkylation sites (tertiary alicyclic amines) is 1. The number of hydrogen-bond acceptors (Lipinski definition) is 4. The minimum Gasteiger partial charge on any atom is -0.345 e. The van der Waals surface area contributed by atoms with E-state index in [-0.39, 0.29) is 30.2 Å². The van der Waals surface area contributed by atoms with Crippen molar-refractivity contribution < 1.29 is 23.2 Å². The van der Waals surface area contributed by atoms with Crippen molar-refractivity contribution in [3.63, 3.8) is 0 Å². The normalized spacial score (nSPS) is 15.7. The van der Waals surface area contributed by atoms with Gasteiger partial charge < -0.3 is 20.5 Å². The molecule has 3 amide bonds. The van der Waals surface area contributed by atoms with Crippen molar-refractivity contribution >= 4 is 17.7 Å². The lowest BCUT2D eigenvalue weighted by molar-refractivity contribution is -0.136. The van der Waals surface area contributed by atoms with Gasteiger partial charge in [0.2, 0.25) is 17.7 Å². The molecule has 1 aliphatic rings. The molecule has 0 unspecified atom stereocenters. The van der Waals surface area contributed by atoms with Crippen LogP contribution in [0.3, 0.4) is 0 Å². The number of rotatable bonds is 10. The second kappa shape index (κ2) is 13.3. The lowest BCUT2D eigenvalue weighted by Gasteiger charge is -2.25. The summed E-state index contributed by atoms with van der Waals surface area (Å²) in [6.45, 7) is 7.02. The largest absolute Gasteiger partial charge is 0.345 e. The van der Waals surface area contributed by atoms with E-state index in [0.717, 1.165) is 37.8 Å². The number of hydrogen-bond donors (Lipinski definition) is 3. The maximum Gasteiger partial charge on any atom is 0.243 e. The molecule has 1 aliphatic heterocycles. The highest BCUT2D eigenvalue weighted by Gasteiger charge is 2.28. The second-order valence-corrected chi connectivity index (χ2v) is 10.1. The van der Waals surface area contributed by atoms with Gasteiger partial charge in [-0.25, -0.2) is 13.8 Å². The maximum atomic E-state index is 14.2. The number of halogens is 2. The lowest BCUT2D eigenvalue weighted by Crippen LogP contribution is -2.50. The van der Waals surface area contributed by atoms with Crippen molar-refractivity contribution in [3.05, 3.63) is 41.9 Å². The summed E-state index contributed by atoms with van der Waals surface area (Å²) in [6.07, 6.45) is 6.21. The van der Waals surface area contributed by atoms with Gasteiger partial charge in [0.05, 0.1) is 24.4 Å². The fourth-order valence-electron chi connectivity index (χ4n) is 4.30. The van der Waals surface area contributed by atoms with Crippen molar-refractivity contribution in [3.8, 4) is 11.3 Å². The molecule has 1 aromatic carbocycles. The summed E-state index contributed by atoms with van der Waals surface area (Å²) in [5, 5.41) is 5.55. The minimum atomic E-state index is -1.03. The van der Waals surface area contributed by atoms with Crippen LogP contribution in [0.2, 0.25) is 0 Å². The van der Waals surface area contributed by atoms with Gasteiger partial charge >= 0.3 is 0 Å². The van der Waals surface area contributed by atoms with Crippen LogP contribution >= 0.6 is 0 Å². The van der Waals surface area contributed by atoms with Crippen LogP contribution in [0.25, 0.3) is 11.3 Å². The summed E-state index contributed by atoms with van der Waals surface area (Å²) >= 11 is 0. The number of nitrogens with one attached hydrogen (secondary N) is 3. The summed E-state index contributed by atoms with van der Waals surface area (Å²) in [7, 11) is 0. The molecule has 202 valence electrons. The molecule has 0 bridgehead atoms. The van der Waals surface area contributed by atoms with Gasteiger partial charge in [-0.3, -0.25) is 14.4 Å². The number of imidazole rings is 1. The topological polar surface area (TPSA) is 107 Å². The van der Waals surface area contributed by atoms with Crippen molar-refractivity contribution in [2.24, 2.45) is 5.92 Å². The van der Waals surface area contributed by atoms with E-state index < -0.39 is 29.6 Å². The highest BCUT2D eigenvalue weighted by molar-refractivity contribution is 5.92. The molecular formula is C27H37F2N5O3. The van der Waals surface area contributed by atoms with Crippen molar-refractivity contribution in [2.75, 3.05) is 13.1 Å². The molecule has 3 rings (SSSR count). The number of nitrogens with zero attached hydrogens (tertiary/aromatic N) is 2. The molecule has 10 heteroatoms. The third kappa shape index (κ3) is 8.36. The van der Waals surface area contributed by atoms with E-state index in [2.05, 4.69) is 20.6 Å². The Hall–Kier alpha value is -3.30. The number of carbonyl (C=O) groups is 3. The number of aromatic nitrogens is 2. The molecular weight excluding hydrogens is 480 g/mol. The van der Waals surface area contributed by atoms with Crippen LogP contribution in [0.4, 0.5) is 8.78 Å². The predicted octanol–water partition coefficient (Wildman–Crippen LogP) is 4.25. The monoisotopic (exact) mass is 517 g/mol. The number of amides is 3. The Morgan fingerprint density at radius 1 is 1.05 bits per heavy atom. The molecule has 1 saturated heterocycles. The summed E-state index contributed by atoms with van der Waals surface area (Å²) in [5.41, 5.74) is 0.487. The summed E-state index contributed by atoms with van der Waals surface area (Å²) in [4.78, 5) is 47.7. The standard InChI is InChI=1S/C27H37F2N5O3/c1-17(2)8-11-24(35)32-22(15-25(36)34-12-6-4-5-7-13-34)27(37)31-18(3)26-30-16-23(33-26)20-10-9-19(28)14-21(20)29/h9-10,14,16-18,22H,4-8,11-13,15H2,1-3H3,(H,30,33)(H,31,37)(H,32,35)/t18-,22-/m0/s1. The average Bonchev–Trinajstić information content (AvgIpc) is 3.16. The van der Waals surface area contributed by atoms with Crippen LogP contribution in [0.1, 0.15) is 77.6 Å². The Morgan fingerprint density at radius 3 is 2.41 bits per heavy atom. The molecule has 37 heavy (non-hydrogen) atoms. The highest BCUT2D eigenvalue weighted by atomic mass is 19.1. The summed E-state index contributed by atoms with van der Waals surface area (Å²) in [6, 6.07) is 1.60. The predicted molar refractivity (Wildman–Crippen MR) is 136 cm³/mol. The zero-order chi connectivity index (χ0) is 26.9. The third-order valence-corrected chi connectivity index (χ3v) is 6.52. The molecule has 0 radical (unpaired) electrons. The highest BCUT2D eigenvalue weighted by Crippen LogP contribution is 2.23. The Kier molecular flexibility index (Phi) is 10.2. The quantitative estimate of drug-likeness (QED) is 0.438. The van der Waals surface area contributed by atoms with E-state index in [4.69, 9.17) is 0 Å². The van der Waals surface area contributed by atoms with Crippen molar-refractivity contribution in [1.82, 2.24) is 25.5 Å². The van der Waals surface area contributed by atoms with Crippen LogP contribution in [0, 0.1) is 17.6 Å². The molecule has 1 fully saturated rings. The van der Waals surface area contributed by atoms with Crippen LogP contribution < -0.4 is 10.6 Å². The van der Waals surface area contributed by atoms with E-state index in [1.54, 1.807) is 11.8 Å². The third-order valence-electron chi connectivity index (χ3n) is 6.52. The molecule has 0 aliphatic carbocycles. The van der Waals surface area contributed by atoms with Gasteiger partial charge in [-0.1, -0.05) is 26.7 Å². The minimum absolute atomic E-state index is 0.129. The maximum absolute atomic E-state index is 14.2. The molecule has 1 aromatic heterocycles. The van der Waals surface area contributed by atoms with Gasteiger partial charge in [0.25, 0.3) is 0 Å². The van der Waals surface area contributed by atoms with Gasteiger partial charge in [-0.2, -0.15) is 0 Å². The van der Waals surface area contributed by atoms with Gasteiger partial charge in [0.1, 0.15) is 23.5 Å². The number of carbonyl (C=O) groups excluding carboxylic acids is 3. The Morgan fingerprint density at radius 2 is 1.76 bits per heavy atom. The number of benzene rings is 1. The molecule has 3 N–H and O–H groups in total. The number of H-pyrrole nitrogens is 1. The SMILES string of the molecule is CC(C)CCC(=O)N[C@@H](CC(=O)N1CCCCCC1)C(=O)N[C@@H](C)c1ncc(-c2ccc(F)cc2F)[nH]1. The second-order valence-electron chi connectivity index (χ2n) is 10.1. The van der Waals surface area contributed by atoms with Crippen LogP contribution in [-0.2, 0) is 14.4 Å². The van der Waals surface area contributed by atoms with E-state index in [9.17, 15) is 23.2 Å². The van der Waals surface area contributed by atoms with Gasteiger partial charge in [-0.15, -0.1) is 0 Å². The molecule has 0 saturated carbocycles. The zero-order valence-corrected chi connectivity index (χ0v) is 21.8. The first-order valence-electron chi connectivity index (χ1n) is 13.0. The number of aromatic amines is 1.